The van der Waals surface area contributed by atoms with Crippen LogP contribution in [0.5, 0.6) is 0 Å². The second-order valence-corrected chi connectivity index (χ2v) is 15.4. The van der Waals surface area contributed by atoms with E-state index in [1.54, 1.807) is 30.3 Å². The summed E-state index contributed by atoms with van der Waals surface area (Å²) in [7, 11) is -18.0. The Hall–Kier alpha value is -1.43. The Morgan fingerprint density at radius 3 is 1.84 bits per heavy atom. The van der Waals surface area contributed by atoms with Crippen molar-refractivity contribution in [2.75, 3.05) is 13.2 Å². The molecule has 0 spiro atoms. The number of phosphoric acid groups is 3. The molecule has 0 aromatic heterocycles. The number of carbonyl (C=O) groups excluding carboxylic acids is 2. The number of amides is 1. The highest BCUT2D eigenvalue weighted by Crippen LogP contribution is 2.60. The number of esters is 1. The number of nitrogens with zero attached hydrogens (tertiary/aromatic N) is 1. The molecule has 2 rings (SSSR count). The lowest BCUT2D eigenvalue weighted by atomic mass is 10.0. The van der Waals surface area contributed by atoms with Crippen molar-refractivity contribution in [1.29, 1.82) is 0 Å². The van der Waals surface area contributed by atoms with Gasteiger partial charge in [0.15, 0.2) is 0 Å². The maximum atomic E-state index is 13.1. The Labute approximate surface area is 265 Å². The molecule has 4 atom stereocenters. The van der Waals surface area contributed by atoms with E-state index in [-0.39, 0.29) is 30.9 Å². The lowest BCUT2D eigenvalue weighted by Crippen LogP contribution is -2.38. The molecule has 1 amide bonds. The van der Waals surface area contributed by atoms with E-state index in [0.717, 1.165) is 25.7 Å². The first-order valence-electron chi connectivity index (χ1n) is 15.5. The average Bonchev–Trinajstić information content (AvgIpc) is 3.35. The van der Waals surface area contributed by atoms with Crippen LogP contribution in [-0.2, 0) is 36.4 Å². The van der Waals surface area contributed by atoms with Crippen molar-refractivity contribution in [3.63, 3.8) is 0 Å². The molecule has 258 valence electrons. The van der Waals surface area contributed by atoms with Crippen molar-refractivity contribution in [2.45, 2.75) is 115 Å². The van der Waals surface area contributed by atoms with Gasteiger partial charge in [0.2, 0.25) is 5.91 Å². The molecule has 1 aromatic rings. The first-order valence-corrected chi connectivity index (χ1v) is 19.9. The van der Waals surface area contributed by atoms with Gasteiger partial charge in [-0.2, -0.15) is 0 Å². The molecule has 0 saturated carbocycles. The van der Waals surface area contributed by atoms with Crippen molar-refractivity contribution < 1.29 is 60.7 Å². The number of carbonyl (C=O) groups is 2. The third kappa shape index (κ3) is 17.3. The fourth-order valence-corrected chi connectivity index (χ4v) is 8.00. The largest absolute Gasteiger partial charge is 0.790 e. The van der Waals surface area contributed by atoms with Crippen molar-refractivity contribution in [3.05, 3.63) is 35.9 Å². The zero-order chi connectivity index (χ0) is 33.3. The highest BCUT2D eigenvalue weighted by molar-refractivity contribution is 7.64. The van der Waals surface area contributed by atoms with Gasteiger partial charge in [-0.05, 0) is 18.6 Å². The average molecular weight is 696 g/mol. The molecule has 17 heteroatoms. The van der Waals surface area contributed by atoms with Crippen LogP contribution in [0.2, 0.25) is 0 Å². The number of benzene rings is 1. The van der Waals surface area contributed by atoms with Crippen LogP contribution in [0.15, 0.2) is 30.3 Å². The summed E-state index contributed by atoms with van der Waals surface area (Å²) in [5.74, 6) is -0.976. The molecule has 0 N–H and O–H groups in total. The Morgan fingerprint density at radius 1 is 0.778 bits per heavy atom. The van der Waals surface area contributed by atoms with E-state index in [9.17, 15) is 42.9 Å². The Bertz CT molecular complexity index is 1180. The molecule has 1 aliphatic rings. The summed E-state index contributed by atoms with van der Waals surface area (Å²) >= 11 is 0. The van der Waals surface area contributed by atoms with Gasteiger partial charge in [0, 0.05) is 12.8 Å². The van der Waals surface area contributed by atoms with Crippen molar-refractivity contribution in [1.82, 2.24) is 4.90 Å². The topological polar surface area (TPSA) is 218 Å². The van der Waals surface area contributed by atoms with Crippen LogP contribution >= 0.6 is 23.5 Å². The minimum Gasteiger partial charge on any atom is -0.790 e. The normalized spacial score (nSPS) is 19.6. The second-order valence-electron chi connectivity index (χ2n) is 11.1. The van der Waals surface area contributed by atoms with Crippen LogP contribution in [0.4, 0.5) is 0 Å². The van der Waals surface area contributed by atoms with Crippen molar-refractivity contribution in [3.8, 4) is 0 Å². The van der Waals surface area contributed by atoms with E-state index < -0.39 is 48.2 Å². The summed E-state index contributed by atoms with van der Waals surface area (Å²) in [5, 5.41) is 0. The predicted octanol–water partition coefficient (Wildman–Crippen LogP) is 4.11. The Balaban J connectivity index is 1.85. The number of hydrogen-bond acceptors (Lipinski definition) is 13. The fourth-order valence-electron chi connectivity index (χ4n) is 5.11. The first kappa shape index (κ1) is 39.7. The van der Waals surface area contributed by atoms with E-state index in [1.165, 1.54) is 56.3 Å². The molecule has 0 bridgehead atoms. The van der Waals surface area contributed by atoms with E-state index in [0.29, 0.717) is 6.42 Å². The molecule has 1 fully saturated rings. The van der Waals surface area contributed by atoms with Gasteiger partial charge in [-0.3, -0.25) is 18.2 Å². The molecule has 45 heavy (non-hydrogen) atoms. The summed E-state index contributed by atoms with van der Waals surface area (Å²) in [6.45, 7) is 1.38. The van der Waals surface area contributed by atoms with Gasteiger partial charge in [0.25, 0.3) is 15.6 Å². The maximum absolute atomic E-state index is 13.1. The van der Waals surface area contributed by atoms with Crippen LogP contribution in [0.3, 0.4) is 0 Å². The molecular formula is C28H44NO13P3-4. The van der Waals surface area contributed by atoms with Crippen molar-refractivity contribution >= 4 is 35.3 Å². The van der Waals surface area contributed by atoms with E-state index >= 15 is 0 Å². The fraction of sp³-hybridized carbons (Fsp3) is 0.714. The highest BCUT2D eigenvalue weighted by Gasteiger charge is 2.38. The molecule has 0 radical (unpaired) electrons. The van der Waals surface area contributed by atoms with E-state index in [1.807, 2.05) is 0 Å². The second kappa shape index (κ2) is 20.1. The number of phosphoric ester groups is 1. The standard InChI is InChI=1S/C28H48NO13P3/c1-2-3-4-5-6-7-8-9-10-11-12-13-17-20-27(30)29-22-26(40-28(31)24-18-15-14-16-19-24)21-25(29)23-39-44(35,36)42-45(37,38)41-43(32,33)34/h14-16,18-19,25-26H,2-13,17,20-23H2,1H3,(H,35,36)(H,37,38)(H2,32,33,34)/p-4/t25-,26+/m0/s1. The highest BCUT2D eigenvalue weighted by atomic mass is 31.3. The third-order valence-electron chi connectivity index (χ3n) is 7.30. The van der Waals surface area contributed by atoms with Gasteiger partial charge in [0.1, 0.15) is 6.10 Å². The number of ether oxygens (including phenoxy) is 1. The number of hydrogen-bond donors (Lipinski definition) is 0. The molecule has 2 unspecified atom stereocenters. The summed E-state index contributed by atoms with van der Waals surface area (Å²) in [6, 6.07) is 7.17. The lowest BCUT2D eigenvalue weighted by Gasteiger charge is -2.37. The first-order chi connectivity index (χ1) is 21.2. The quantitative estimate of drug-likeness (QED) is 0.0895. The molecule has 1 aliphatic heterocycles. The van der Waals surface area contributed by atoms with Crippen LogP contribution in [0, 0.1) is 0 Å². The zero-order valence-electron chi connectivity index (χ0n) is 25.7. The molecule has 14 nitrogen and oxygen atoms in total. The van der Waals surface area contributed by atoms with Gasteiger partial charge >= 0.3 is 5.97 Å². The van der Waals surface area contributed by atoms with Gasteiger partial charge in [-0.25, -0.2) is 9.11 Å². The predicted molar refractivity (Wildman–Crippen MR) is 157 cm³/mol. The van der Waals surface area contributed by atoms with Crippen LogP contribution in [0.1, 0.15) is 114 Å². The lowest BCUT2D eigenvalue weighted by molar-refractivity contribution is -0.339. The minimum atomic E-state index is -6.13. The summed E-state index contributed by atoms with van der Waals surface area (Å²) in [6.07, 6.45) is 14.1. The number of likely N-dealkylation sites (tertiary alicyclic amines) is 1. The zero-order valence-corrected chi connectivity index (χ0v) is 28.3. The van der Waals surface area contributed by atoms with Gasteiger partial charge in [-0.15, -0.1) is 0 Å². The molecule has 0 aliphatic carbocycles. The summed E-state index contributed by atoms with van der Waals surface area (Å²) in [4.78, 5) is 71.6. The van der Waals surface area contributed by atoms with Crippen LogP contribution < -0.4 is 19.6 Å². The summed E-state index contributed by atoms with van der Waals surface area (Å²) in [5.41, 5.74) is 0.278. The van der Waals surface area contributed by atoms with Gasteiger partial charge < -0.3 is 38.3 Å². The maximum Gasteiger partial charge on any atom is 0.338 e. The van der Waals surface area contributed by atoms with E-state index in [4.69, 9.17) is 4.74 Å². The number of rotatable bonds is 23. The molecular weight excluding hydrogens is 651 g/mol. The van der Waals surface area contributed by atoms with Crippen molar-refractivity contribution in [2.24, 2.45) is 0 Å². The molecule has 1 heterocycles. The molecule has 1 saturated heterocycles. The van der Waals surface area contributed by atoms with E-state index in [2.05, 4.69) is 20.1 Å². The van der Waals surface area contributed by atoms with Crippen LogP contribution in [-0.4, -0.2) is 42.1 Å². The number of unbranched alkanes of at least 4 members (excludes halogenated alkanes) is 12. The third-order valence-corrected chi connectivity index (χ3v) is 11.0. The smallest absolute Gasteiger partial charge is 0.338 e. The monoisotopic (exact) mass is 695 g/mol. The van der Waals surface area contributed by atoms with Gasteiger partial charge in [0.05, 0.1) is 32.6 Å². The minimum absolute atomic E-state index is 0.0230. The Morgan fingerprint density at radius 2 is 1.31 bits per heavy atom. The van der Waals surface area contributed by atoms with Gasteiger partial charge in [-0.1, -0.05) is 102 Å². The SMILES string of the molecule is CCCCCCCCCCCCCCCC(=O)N1C[C@H](OC(=O)c2ccccc2)C[C@H]1COP(=O)([O-])OP(=O)([O-])OP(=O)([O-])[O-]. The summed E-state index contributed by atoms with van der Waals surface area (Å²) < 4.78 is 51.0. The Kier molecular flexibility index (Phi) is 17.7. The van der Waals surface area contributed by atoms with Crippen LogP contribution in [0.25, 0.3) is 0 Å². The molecule has 1 aromatic carbocycles.